The summed E-state index contributed by atoms with van der Waals surface area (Å²) in [5.41, 5.74) is -1.44. The average Bonchev–Trinajstić information content (AvgIpc) is 2.45. The molecule has 1 aromatic carbocycles. The Morgan fingerprint density at radius 3 is 2.67 bits per heavy atom. The number of nitrogens with zero attached hydrogens (tertiary/aromatic N) is 1. The third kappa shape index (κ3) is 3.43. The highest BCUT2D eigenvalue weighted by Gasteiger charge is 2.08. The largest absolute Gasteiger partial charge is 0.384 e. The van der Waals surface area contributed by atoms with Crippen LogP contribution in [0.15, 0.2) is 34.0 Å². The Morgan fingerprint density at radius 2 is 2.00 bits per heavy atom. The van der Waals surface area contributed by atoms with Crippen LogP contribution in [-0.2, 0) is 6.54 Å². The van der Waals surface area contributed by atoms with E-state index in [4.69, 9.17) is 5.11 Å². The van der Waals surface area contributed by atoms with E-state index in [1.54, 1.807) is 4.98 Å². The van der Waals surface area contributed by atoms with Crippen LogP contribution >= 0.6 is 0 Å². The van der Waals surface area contributed by atoms with Gasteiger partial charge in [0.15, 0.2) is 0 Å². The first-order chi connectivity index (χ1) is 10.0. The molecule has 0 fully saturated rings. The zero-order valence-corrected chi connectivity index (χ0v) is 10.7. The molecular weight excluding hydrogens is 282 g/mol. The van der Waals surface area contributed by atoms with Crippen molar-refractivity contribution in [2.45, 2.75) is 6.54 Å². The highest BCUT2D eigenvalue weighted by atomic mass is 19.1. The number of benzene rings is 1. The van der Waals surface area contributed by atoms with Gasteiger partial charge in [0.05, 0.1) is 12.7 Å². The lowest BCUT2D eigenvalue weighted by Gasteiger charge is -2.06. The van der Waals surface area contributed by atoms with Crippen molar-refractivity contribution in [2.24, 2.45) is 0 Å². The molecule has 2 N–H and O–H groups in total. The fourth-order valence-corrected chi connectivity index (χ4v) is 1.68. The Bertz CT molecular complexity index is 844. The van der Waals surface area contributed by atoms with Gasteiger partial charge in [-0.25, -0.2) is 9.18 Å². The van der Waals surface area contributed by atoms with E-state index in [-0.39, 0.29) is 18.7 Å². The molecule has 1 heterocycles. The zero-order chi connectivity index (χ0) is 15.4. The van der Waals surface area contributed by atoms with Crippen molar-refractivity contribution in [3.8, 4) is 11.8 Å². The molecule has 0 aliphatic rings. The van der Waals surface area contributed by atoms with Gasteiger partial charge in [-0.05, 0) is 12.1 Å². The number of hydrogen-bond donors (Lipinski definition) is 2. The Kier molecular flexibility index (Phi) is 4.30. The van der Waals surface area contributed by atoms with Crippen LogP contribution in [0.4, 0.5) is 8.78 Å². The van der Waals surface area contributed by atoms with E-state index in [0.29, 0.717) is 5.56 Å². The summed E-state index contributed by atoms with van der Waals surface area (Å²) in [4.78, 5) is 24.2. The highest BCUT2D eigenvalue weighted by molar-refractivity contribution is 5.37. The molecular formula is C14H10F2N2O3. The van der Waals surface area contributed by atoms with Crippen LogP contribution in [0.1, 0.15) is 11.1 Å². The zero-order valence-electron chi connectivity index (χ0n) is 10.7. The molecule has 0 aliphatic heterocycles. The fraction of sp³-hybridized carbons (Fsp3) is 0.143. The Balaban J connectivity index is 2.34. The van der Waals surface area contributed by atoms with Gasteiger partial charge in [0.2, 0.25) is 5.82 Å². The van der Waals surface area contributed by atoms with Gasteiger partial charge in [-0.1, -0.05) is 17.9 Å². The third-order valence-electron chi connectivity index (χ3n) is 2.67. The minimum atomic E-state index is -1.12. The van der Waals surface area contributed by atoms with E-state index in [2.05, 4.69) is 11.8 Å². The van der Waals surface area contributed by atoms with Gasteiger partial charge in [-0.3, -0.25) is 14.3 Å². The van der Waals surface area contributed by atoms with Crippen LogP contribution in [0.25, 0.3) is 0 Å². The third-order valence-corrected chi connectivity index (χ3v) is 2.67. The standard InChI is InChI=1S/C14H10F2N2O3/c15-11-6-9(2-1-5-19)3-4-10(11)7-18-8-12(16)13(20)17-14(18)21/h3-4,6,8,19H,5,7H2,(H,17,20,21). The lowest BCUT2D eigenvalue weighted by atomic mass is 10.1. The van der Waals surface area contributed by atoms with Crippen LogP contribution in [0.2, 0.25) is 0 Å². The molecule has 0 atom stereocenters. The topological polar surface area (TPSA) is 75.1 Å². The van der Waals surface area contributed by atoms with Crippen LogP contribution in [-0.4, -0.2) is 21.3 Å². The maximum atomic E-state index is 13.9. The van der Waals surface area contributed by atoms with Crippen molar-refractivity contribution in [3.05, 3.63) is 68.0 Å². The SMILES string of the molecule is O=c1[nH]c(=O)n(Cc2ccc(C#CCO)cc2F)cc1F. The molecule has 0 radical (unpaired) electrons. The van der Waals surface area contributed by atoms with Crippen LogP contribution < -0.4 is 11.2 Å². The Hall–Kier alpha value is -2.72. The first-order valence-electron chi connectivity index (χ1n) is 5.88. The molecule has 1 aromatic heterocycles. The Morgan fingerprint density at radius 1 is 1.24 bits per heavy atom. The maximum absolute atomic E-state index is 13.9. The van der Waals surface area contributed by atoms with E-state index in [9.17, 15) is 18.4 Å². The molecule has 0 bridgehead atoms. The van der Waals surface area contributed by atoms with Gasteiger partial charge in [0.25, 0.3) is 5.56 Å². The molecule has 0 aliphatic carbocycles. The maximum Gasteiger partial charge on any atom is 0.328 e. The van der Waals surface area contributed by atoms with Crippen molar-refractivity contribution in [1.82, 2.24) is 9.55 Å². The molecule has 0 saturated heterocycles. The van der Waals surface area contributed by atoms with Crippen molar-refractivity contribution in [2.75, 3.05) is 6.61 Å². The summed E-state index contributed by atoms with van der Waals surface area (Å²) in [6, 6.07) is 4.05. The first-order valence-corrected chi connectivity index (χ1v) is 5.88. The minimum Gasteiger partial charge on any atom is -0.384 e. The number of halogens is 2. The van der Waals surface area contributed by atoms with E-state index >= 15 is 0 Å². The molecule has 0 amide bonds. The van der Waals surface area contributed by atoms with Crippen molar-refractivity contribution in [1.29, 1.82) is 0 Å². The van der Waals surface area contributed by atoms with Crippen LogP contribution in [0.5, 0.6) is 0 Å². The van der Waals surface area contributed by atoms with Gasteiger partial charge in [0, 0.05) is 11.1 Å². The number of hydrogen-bond acceptors (Lipinski definition) is 3. The summed E-state index contributed by atoms with van der Waals surface area (Å²) in [7, 11) is 0. The lowest BCUT2D eigenvalue weighted by Crippen LogP contribution is -2.31. The predicted octanol–water partition coefficient (Wildman–Crippen LogP) is 0.207. The fourth-order valence-electron chi connectivity index (χ4n) is 1.68. The second-order valence-electron chi connectivity index (χ2n) is 4.13. The number of H-pyrrole nitrogens is 1. The summed E-state index contributed by atoms with van der Waals surface area (Å²) >= 11 is 0. The van der Waals surface area contributed by atoms with Gasteiger partial charge >= 0.3 is 5.69 Å². The molecule has 0 saturated carbocycles. The summed E-state index contributed by atoms with van der Waals surface area (Å²) in [5, 5.41) is 8.56. The van der Waals surface area contributed by atoms with Gasteiger partial charge < -0.3 is 5.11 Å². The summed E-state index contributed by atoms with van der Waals surface area (Å²) in [6.07, 6.45) is 0.722. The molecule has 7 heteroatoms. The molecule has 0 spiro atoms. The lowest BCUT2D eigenvalue weighted by molar-refractivity contribution is 0.350. The summed E-state index contributed by atoms with van der Waals surface area (Å²) < 4.78 is 27.8. The van der Waals surface area contributed by atoms with Gasteiger partial charge in [-0.2, -0.15) is 4.39 Å². The van der Waals surface area contributed by atoms with Crippen molar-refractivity contribution in [3.63, 3.8) is 0 Å². The normalized spacial score (nSPS) is 10.0. The quantitative estimate of drug-likeness (QED) is 0.777. The monoisotopic (exact) mass is 292 g/mol. The van der Waals surface area contributed by atoms with Crippen LogP contribution in [0, 0.1) is 23.5 Å². The second-order valence-corrected chi connectivity index (χ2v) is 4.13. The Labute approximate surface area is 117 Å². The van der Waals surface area contributed by atoms with Crippen LogP contribution in [0.3, 0.4) is 0 Å². The predicted molar refractivity (Wildman–Crippen MR) is 70.7 cm³/mol. The van der Waals surface area contributed by atoms with E-state index in [0.717, 1.165) is 16.8 Å². The second kappa shape index (κ2) is 6.15. The minimum absolute atomic E-state index is 0.137. The molecule has 0 unspecified atom stereocenters. The van der Waals surface area contributed by atoms with Gasteiger partial charge in [0.1, 0.15) is 12.4 Å². The smallest absolute Gasteiger partial charge is 0.328 e. The molecule has 5 nitrogen and oxygen atoms in total. The molecule has 2 aromatic rings. The highest BCUT2D eigenvalue weighted by Crippen LogP contribution is 2.11. The molecule has 21 heavy (non-hydrogen) atoms. The number of aliphatic hydroxyl groups is 1. The average molecular weight is 292 g/mol. The number of rotatable bonds is 2. The first kappa shape index (κ1) is 14.7. The number of aromatic nitrogens is 2. The van der Waals surface area contributed by atoms with Gasteiger partial charge in [-0.15, -0.1) is 0 Å². The number of aromatic amines is 1. The summed E-state index contributed by atoms with van der Waals surface area (Å²) in [5.74, 6) is 3.17. The van der Waals surface area contributed by atoms with Crippen molar-refractivity contribution < 1.29 is 13.9 Å². The number of aliphatic hydroxyl groups excluding tert-OH is 1. The van der Waals surface area contributed by atoms with E-state index in [1.165, 1.54) is 12.1 Å². The molecule has 2 rings (SSSR count). The molecule has 108 valence electrons. The van der Waals surface area contributed by atoms with E-state index < -0.39 is 22.9 Å². The summed E-state index contributed by atoms with van der Waals surface area (Å²) in [6.45, 7) is -0.568. The van der Waals surface area contributed by atoms with E-state index in [1.807, 2.05) is 0 Å². The number of nitrogens with one attached hydrogen (secondary N) is 1. The van der Waals surface area contributed by atoms with Crippen molar-refractivity contribution >= 4 is 0 Å².